The number of hydrogen-bond donors (Lipinski definition) is 2. The first-order valence-corrected chi connectivity index (χ1v) is 8.31. The first-order chi connectivity index (χ1) is 12.5. The van der Waals surface area contributed by atoms with Gasteiger partial charge in [-0.15, -0.1) is 10.2 Å². The molecule has 1 aromatic heterocycles. The number of amides is 1. The van der Waals surface area contributed by atoms with Crippen LogP contribution in [0.25, 0.3) is 0 Å². The molecule has 2 N–H and O–H groups in total. The molecule has 26 heavy (non-hydrogen) atoms. The number of rotatable bonds is 8. The Hall–Kier alpha value is -3.00. The molecule has 0 bridgehead atoms. The summed E-state index contributed by atoms with van der Waals surface area (Å²) < 4.78 is 5.00. The second kappa shape index (κ2) is 9.47. The fourth-order valence-electron chi connectivity index (χ4n) is 2.12. The number of para-hydroxylation sites is 1. The number of anilines is 2. The van der Waals surface area contributed by atoms with Crippen molar-refractivity contribution in [1.29, 1.82) is 0 Å². The van der Waals surface area contributed by atoms with Crippen LogP contribution in [0, 0.1) is 0 Å². The zero-order valence-corrected chi connectivity index (χ0v) is 15.2. The minimum atomic E-state index is -0.491. The van der Waals surface area contributed by atoms with Crippen molar-refractivity contribution in [1.82, 2.24) is 15.1 Å². The third kappa shape index (κ3) is 5.52. The van der Waals surface area contributed by atoms with Crippen molar-refractivity contribution >= 4 is 23.4 Å². The number of nitrogens with one attached hydrogen (secondary N) is 2. The van der Waals surface area contributed by atoms with E-state index in [9.17, 15) is 9.59 Å². The Labute approximate surface area is 152 Å². The lowest BCUT2D eigenvalue weighted by molar-refractivity contribution is 0.0527. The molecular formula is C18H23N5O3. The highest BCUT2D eigenvalue weighted by Crippen LogP contribution is 2.17. The molecule has 0 unspecified atom stereocenters. The van der Waals surface area contributed by atoms with Gasteiger partial charge in [-0.25, -0.2) is 4.79 Å². The average molecular weight is 357 g/mol. The molecule has 2 aromatic rings. The van der Waals surface area contributed by atoms with Gasteiger partial charge in [0.15, 0.2) is 5.69 Å². The quantitative estimate of drug-likeness (QED) is 0.696. The molecule has 0 aliphatic rings. The first kappa shape index (κ1) is 19.3. The molecule has 2 rings (SSSR count). The lowest BCUT2D eigenvalue weighted by Gasteiger charge is -2.11. The normalized spacial score (nSPS) is 10.5. The van der Waals surface area contributed by atoms with Crippen molar-refractivity contribution in [3.05, 3.63) is 47.7 Å². The number of likely N-dealkylation sites (N-methyl/N-ethyl adjacent to an activating group) is 1. The third-order valence-electron chi connectivity index (χ3n) is 3.43. The zero-order valence-electron chi connectivity index (χ0n) is 15.2. The predicted octanol–water partition coefficient (Wildman–Crippen LogP) is 1.88. The van der Waals surface area contributed by atoms with Crippen LogP contribution < -0.4 is 10.6 Å². The van der Waals surface area contributed by atoms with Gasteiger partial charge in [0.2, 0.25) is 0 Å². The highest BCUT2D eigenvalue weighted by Gasteiger charge is 2.15. The van der Waals surface area contributed by atoms with E-state index >= 15 is 0 Å². The van der Waals surface area contributed by atoms with Gasteiger partial charge in [0.25, 0.3) is 5.91 Å². The van der Waals surface area contributed by atoms with Crippen LogP contribution in [-0.4, -0.2) is 60.8 Å². The lowest BCUT2D eigenvalue weighted by Crippen LogP contribution is -2.21. The van der Waals surface area contributed by atoms with E-state index < -0.39 is 11.9 Å². The van der Waals surface area contributed by atoms with Crippen LogP contribution in [-0.2, 0) is 4.74 Å². The van der Waals surface area contributed by atoms with Crippen molar-refractivity contribution in [2.45, 2.75) is 6.92 Å². The van der Waals surface area contributed by atoms with Crippen LogP contribution in [0.2, 0.25) is 0 Å². The molecule has 0 atom stereocenters. The maximum absolute atomic E-state index is 12.4. The van der Waals surface area contributed by atoms with Crippen LogP contribution in [0.3, 0.4) is 0 Å². The van der Waals surface area contributed by atoms with E-state index in [1.54, 1.807) is 43.3 Å². The molecular weight excluding hydrogens is 334 g/mol. The third-order valence-corrected chi connectivity index (χ3v) is 3.43. The molecule has 1 heterocycles. The van der Waals surface area contributed by atoms with Gasteiger partial charge in [-0.05, 0) is 45.3 Å². The Bertz CT molecular complexity index is 747. The van der Waals surface area contributed by atoms with Gasteiger partial charge in [0, 0.05) is 13.1 Å². The molecule has 138 valence electrons. The fourth-order valence-corrected chi connectivity index (χ4v) is 2.12. The summed E-state index contributed by atoms with van der Waals surface area (Å²) in [5.74, 6) is -0.348. The van der Waals surface area contributed by atoms with E-state index in [0.717, 1.165) is 13.1 Å². The predicted molar refractivity (Wildman–Crippen MR) is 99.4 cm³/mol. The van der Waals surface area contributed by atoms with Crippen LogP contribution in [0.4, 0.5) is 11.5 Å². The van der Waals surface area contributed by atoms with E-state index in [4.69, 9.17) is 4.74 Å². The van der Waals surface area contributed by atoms with Crippen LogP contribution in [0.5, 0.6) is 0 Å². The van der Waals surface area contributed by atoms with Crippen molar-refractivity contribution in [2.75, 3.05) is 44.4 Å². The van der Waals surface area contributed by atoms with Crippen molar-refractivity contribution < 1.29 is 14.3 Å². The van der Waals surface area contributed by atoms with E-state index in [-0.39, 0.29) is 17.9 Å². The number of esters is 1. The first-order valence-electron chi connectivity index (χ1n) is 8.31. The Morgan fingerprint density at radius 3 is 2.54 bits per heavy atom. The summed E-state index contributed by atoms with van der Waals surface area (Å²) in [5, 5.41) is 13.7. The molecule has 1 amide bonds. The fraction of sp³-hybridized carbons (Fsp3) is 0.333. The van der Waals surface area contributed by atoms with Crippen LogP contribution in [0.15, 0.2) is 36.4 Å². The second-order valence-corrected chi connectivity index (χ2v) is 5.75. The summed E-state index contributed by atoms with van der Waals surface area (Å²) in [6, 6.07) is 9.92. The number of benzene rings is 1. The maximum Gasteiger partial charge on any atom is 0.340 e. The van der Waals surface area contributed by atoms with Gasteiger partial charge in [-0.2, -0.15) is 0 Å². The summed E-state index contributed by atoms with van der Waals surface area (Å²) in [5.41, 5.74) is 0.811. The van der Waals surface area contributed by atoms with Crippen LogP contribution in [0.1, 0.15) is 27.8 Å². The van der Waals surface area contributed by atoms with E-state index in [1.807, 2.05) is 19.0 Å². The lowest BCUT2D eigenvalue weighted by atomic mass is 10.1. The van der Waals surface area contributed by atoms with Gasteiger partial charge >= 0.3 is 5.97 Å². The molecule has 0 aliphatic heterocycles. The van der Waals surface area contributed by atoms with E-state index in [1.165, 1.54) is 0 Å². The Balaban J connectivity index is 2.03. The Morgan fingerprint density at radius 2 is 1.88 bits per heavy atom. The molecule has 0 radical (unpaired) electrons. The number of aromatic nitrogens is 2. The molecule has 0 saturated carbocycles. The summed E-state index contributed by atoms with van der Waals surface area (Å²) in [4.78, 5) is 26.4. The highest BCUT2D eigenvalue weighted by molar-refractivity contribution is 6.07. The highest BCUT2D eigenvalue weighted by atomic mass is 16.5. The van der Waals surface area contributed by atoms with Crippen LogP contribution >= 0.6 is 0 Å². The topological polar surface area (TPSA) is 96.4 Å². The minimum Gasteiger partial charge on any atom is -0.462 e. The van der Waals surface area contributed by atoms with Gasteiger partial charge in [-0.1, -0.05) is 12.1 Å². The van der Waals surface area contributed by atoms with Crippen molar-refractivity contribution in [2.24, 2.45) is 0 Å². The number of carbonyl (C=O) groups is 2. The second-order valence-electron chi connectivity index (χ2n) is 5.75. The van der Waals surface area contributed by atoms with Crippen molar-refractivity contribution in [3.8, 4) is 0 Å². The average Bonchev–Trinajstić information content (AvgIpc) is 2.62. The van der Waals surface area contributed by atoms with Gasteiger partial charge in [0.1, 0.15) is 5.82 Å². The van der Waals surface area contributed by atoms with Gasteiger partial charge in [-0.3, -0.25) is 4.79 Å². The maximum atomic E-state index is 12.4. The van der Waals surface area contributed by atoms with Gasteiger partial charge in [0.05, 0.1) is 17.9 Å². The molecule has 0 fully saturated rings. The molecule has 8 heteroatoms. The van der Waals surface area contributed by atoms with Gasteiger partial charge < -0.3 is 20.3 Å². The summed E-state index contributed by atoms with van der Waals surface area (Å²) in [6.07, 6.45) is 0. The molecule has 0 saturated heterocycles. The minimum absolute atomic E-state index is 0.154. The Morgan fingerprint density at radius 1 is 1.12 bits per heavy atom. The van der Waals surface area contributed by atoms with E-state index in [2.05, 4.69) is 20.8 Å². The monoisotopic (exact) mass is 357 g/mol. The SMILES string of the molecule is CCOC(=O)c1ccccc1NC(=O)c1ccc(NCCN(C)C)nn1. The van der Waals surface area contributed by atoms with E-state index in [0.29, 0.717) is 11.5 Å². The summed E-state index contributed by atoms with van der Waals surface area (Å²) in [6.45, 7) is 3.56. The molecule has 0 aliphatic carbocycles. The Kier molecular flexibility index (Phi) is 7.04. The largest absolute Gasteiger partial charge is 0.462 e. The standard InChI is InChI=1S/C18H23N5O3/c1-4-26-18(25)13-7-5-6-8-14(13)20-17(24)15-9-10-16(22-21-15)19-11-12-23(2)3/h5-10H,4,11-12H2,1-3H3,(H,19,22)(H,20,24). The number of ether oxygens (including phenoxy) is 1. The summed E-state index contributed by atoms with van der Waals surface area (Å²) >= 11 is 0. The molecule has 8 nitrogen and oxygen atoms in total. The van der Waals surface area contributed by atoms with Crippen molar-refractivity contribution in [3.63, 3.8) is 0 Å². The molecule has 1 aromatic carbocycles. The zero-order chi connectivity index (χ0) is 18.9. The molecule has 0 spiro atoms. The number of carbonyl (C=O) groups excluding carboxylic acids is 2. The summed E-state index contributed by atoms with van der Waals surface area (Å²) in [7, 11) is 3.96. The smallest absolute Gasteiger partial charge is 0.340 e. The number of nitrogens with zero attached hydrogens (tertiary/aromatic N) is 3. The number of hydrogen-bond acceptors (Lipinski definition) is 7.